The van der Waals surface area contributed by atoms with E-state index in [1.165, 1.54) is 6.92 Å². The van der Waals surface area contributed by atoms with Crippen LogP contribution in [0.25, 0.3) is 0 Å². The topological polar surface area (TPSA) is 130 Å². The lowest BCUT2D eigenvalue weighted by molar-refractivity contribution is -0.143. The van der Waals surface area contributed by atoms with Crippen LogP contribution >= 0.6 is 0 Å². The van der Waals surface area contributed by atoms with Gasteiger partial charge in [-0.3, -0.25) is 14.6 Å². The van der Waals surface area contributed by atoms with Gasteiger partial charge in [0.2, 0.25) is 5.91 Å². The summed E-state index contributed by atoms with van der Waals surface area (Å²) in [6.07, 6.45) is 10.5. The predicted octanol–water partition coefficient (Wildman–Crippen LogP) is 4.37. The molecule has 9 heteroatoms. The van der Waals surface area contributed by atoms with Gasteiger partial charge in [-0.05, 0) is 65.4 Å². The van der Waals surface area contributed by atoms with Gasteiger partial charge in [0.05, 0.1) is 30.5 Å². The molecule has 0 aromatic carbocycles. The fourth-order valence-electron chi connectivity index (χ4n) is 5.41. The van der Waals surface area contributed by atoms with Gasteiger partial charge < -0.3 is 25.0 Å². The minimum atomic E-state index is -0.824. The molecule has 42 heavy (non-hydrogen) atoms. The van der Waals surface area contributed by atoms with Crippen LogP contribution in [0.1, 0.15) is 80.6 Å². The Balaban J connectivity index is 1.91. The summed E-state index contributed by atoms with van der Waals surface area (Å²) in [5.74, 6) is 0.436. The van der Waals surface area contributed by atoms with E-state index in [0.717, 1.165) is 30.5 Å². The summed E-state index contributed by atoms with van der Waals surface area (Å²) in [6, 6.07) is -0.0827. The number of carbonyl (C=O) groups is 2. The summed E-state index contributed by atoms with van der Waals surface area (Å²) in [4.78, 5) is 33.1. The van der Waals surface area contributed by atoms with E-state index in [-0.39, 0.29) is 66.8 Å². The molecule has 2 heterocycles. The third-order valence-corrected chi connectivity index (χ3v) is 8.24. The number of amides is 1. The molecule has 2 fully saturated rings. The highest BCUT2D eigenvalue weighted by atomic mass is 16.5. The molecule has 0 aromatic heterocycles. The van der Waals surface area contributed by atoms with Gasteiger partial charge in [0.25, 0.3) is 0 Å². The number of amidine groups is 1. The van der Waals surface area contributed by atoms with Crippen LogP contribution in [-0.2, 0) is 19.1 Å². The molecule has 0 bridgehead atoms. The Morgan fingerprint density at radius 1 is 1.12 bits per heavy atom. The van der Waals surface area contributed by atoms with E-state index in [9.17, 15) is 19.8 Å². The van der Waals surface area contributed by atoms with E-state index < -0.39 is 12.2 Å². The summed E-state index contributed by atoms with van der Waals surface area (Å²) in [7, 11) is 1.72. The van der Waals surface area contributed by atoms with Crippen LogP contribution in [0.5, 0.6) is 0 Å². The number of rotatable bonds is 12. The minimum absolute atomic E-state index is 0.0188. The molecule has 2 aliphatic rings. The molecule has 2 rings (SSSR count). The van der Waals surface area contributed by atoms with Crippen LogP contribution in [0.15, 0.2) is 45.9 Å². The summed E-state index contributed by atoms with van der Waals surface area (Å²) in [5.41, 5.74) is 2.01. The van der Waals surface area contributed by atoms with Crippen molar-refractivity contribution in [3.63, 3.8) is 0 Å². The van der Waals surface area contributed by atoms with E-state index in [2.05, 4.69) is 35.2 Å². The van der Waals surface area contributed by atoms with E-state index >= 15 is 0 Å². The lowest BCUT2D eigenvalue weighted by Gasteiger charge is -2.39. The first-order chi connectivity index (χ1) is 19.9. The molecular weight excluding hydrogens is 534 g/mol. The maximum atomic E-state index is 12.7. The number of aliphatic imine (C=N–C) groups is 2. The molecule has 0 saturated carbocycles. The van der Waals surface area contributed by atoms with Gasteiger partial charge in [-0.2, -0.15) is 0 Å². The zero-order valence-electron chi connectivity index (χ0n) is 26.7. The highest BCUT2D eigenvalue weighted by molar-refractivity contribution is 5.99. The molecule has 2 aliphatic heterocycles. The van der Waals surface area contributed by atoms with Gasteiger partial charge in [-0.1, -0.05) is 50.6 Å². The monoisotopic (exact) mass is 587 g/mol. The molecule has 0 spiro atoms. The third-order valence-electron chi connectivity index (χ3n) is 8.24. The first-order valence-electron chi connectivity index (χ1n) is 15.3. The fourth-order valence-corrected chi connectivity index (χ4v) is 5.41. The Bertz CT molecular complexity index is 1050. The first kappa shape index (κ1) is 35.7. The number of allylic oxidation sites excluding steroid dienone is 2. The van der Waals surface area contributed by atoms with Gasteiger partial charge in [0.1, 0.15) is 17.7 Å². The van der Waals surface area contributed by atoms with Crippen molar-refractivity contribution in [3.05, 3.63) is 36.0 Å². The molecule has 9 atom stereocenters. The Labute approximate surface area is 252 Å². The number of aliphatic hydroxyl groups is 2. The van der Waals surface area contributed by atoms with Crippen molar-refractivity contribution < 1.29 is 29.3 Å². The van der Waals surface area contributed by atoms with Crippen molar-refractivity contribution in [1.29, 1.82) is 0 Å². The van der Waals surface area contributed by atoms with Crippen LogP contribution in [0.3, 0.4) is 0 Å². The molecule has 0 aliphatic carbocycles. The number of nitrogens with one attached hydrogen (secondary N) is 1. The number of hydrogen-bond acceptors (Lipinski definition) is 7. The number of ketones is 1. The summed E-state index contributed by atoms with van der Waals surface area (Å²) in [6.45, 7) is 13.5. The van der Waals surface area contributed by atoms with Crippen molar-refractivity contribution in [1.82, 2.24) is 5.32 Å². The Kier molecular flexibility index (Phi) is 15.0. The number of aliphatic hydroxyl groups excluding tert-OH is 2. The first-order valence-corrected chi connectivity index (χ1v) is 15.3. The van der Waals surface area contributed by atoms with Gasteiger partial charge in [0.15, 0.2) is 0 Å². The fraction of sp³-hybridized carbons (Fsp3) is 0.697. The Morgan fingerprint density at radius 3 is 2.45 bits per heavy atom. The van der Waals surface area contributed by atoms with Crippen LogP contribution in [0, 0.1) is 17.8 Å². The highest BCUT2D eigenvalue weighted by Crippen LogP contribution is 2.30. The average Bonchev–Trinajstić information content (AvgIpc) is 2.95. The van der Waals surface area contributed by atoms with Gasteiger partial charge >= 0.3 is 0 Å². The number of carbonyl (C=O) groups excluding carboxylic acids is 2. The van der Waals surface area contributed by atoms with Crippen molar-refractivity contribution >= 4 is 23.2 Å². The van der Waals surface area contributed by atoms with Gasteiger partial charge in [0, 0.05) is 37.6 Å². The number of Topliss-reactive ketones (excluding diaryl/α,β-unsaturated/α-hetero) is 1. The maximum Gasteiger partial charge on any atom is 0.243 e. The Morgan fingerprint density at radius 2 is 1.83 bits per heavy atom. The van der Waals surface area contributed by atoms with Gasteiger partial charge in [-0.15, -0.1) is 0 Å². The third kappa shape index (κ3) is 11.3. The highest BCUT2D eigenvalue weighted by Gasteiger charge is 2.36. The molecule has 3 N–H and O–H groups in total. The Hall–Kier alpha value is -2.46. The molecular formula is C33H53N3O6. The smallest absolute Gasteiger partial charge is 0.243 e. The number of nitrogens with zero attached hydrogens (tertiary/aromatic N) is 2. The van der Waals surface area contributed by atoms with Gasteiger partial charge in [-0.25, -0.2) is 4.99 Å². The average molecular weight is 588 g/mol. The molecule has 9 nitrogen and oxygen atoms in total. The molecule has 2 saturated heterocycles. The van der Waals surface area contributed by atoms with Crippen molar-refractivity contribution in [2.75, 3.05) is 13.7 Å². The number of hydrogen-bond donors (Lipinski definition) is 3. The summed E-state index contributed by atoms with van der Waals surface area (Å²) < 4.78 is 12.3. The van der Waals surface area contributed by atoms with Crippen molar-refractivity contribution in [3.8, 4) is 0 Å². The van der Waals surface area contributed by atoms with Crippen LogP contribution in [-0.4, -0.2) is 83.7 Å². The largest absolute Gasteiger partial charge is 0.396 e. The maximum absolute atomic E-state index is 12.7. The van der Waals surface area contributed by atoms with Crippen LogP contribution in [0.2, 0.25) is 0 Å². The second kappa shape index (κ2) is 17.6. The van der Waals surface area contributed by atoms with E-state index in [1.807, 2.05) is 45.9 Å². The van der Waals surface area contributed by atoms with Crippen molar-refractivity contribution in [2.24, 2.45) is 27.7 Å². The van der Waals surface area contributed by atoms with Crippen LogP contribution in [0.4, 0.5) is 0 Å². The molecule has 236 valence electrons. The van der Waals surface area contributed by atoms with Crippen LogP contribution < -0.4 is 5.32 Å². The molecule has 0 aromatic rings. The van der Waals surface area contributed by atoms with Crippen molar-refractivity contribution in [2.45, 2.75) is 117 Å². The second-order valence-corrected chi connectivity index (χ2v) is 12.0. The second-order valence-electron chi connectivity index (χ2n) is 12.0. The molecule has 0 radical (unpaired) electrons. The zero-order valence-corrected chi connectivity index (χ0v) is 26.7. The summed E-state index contributed by atoms with van der Waals surface area (Å²) >= 11 is 0. The summed E-state index contributed by atoms with van der Waals surface area (Å²) in [5, 5.41) is 23.4. The SMILES string of the molecule is CCC(C)=NC(=NC)C(C)/C=C\C(=O)NC1CC(C)C(C/C=C(C)/C=C/C2O[C@H](CC(C)=O)CC(CO)[C@@H]2O)OC1C. The quantitative estimate of drug-likeness (QED) is 0.135. The lowest BCUT2D eigenvalue weighted by atomic mass is 9.87. The number of ether oxygens (including phenoxy) is 2. The lowest BCUT2D eigenvalue weighted by Crippen LogP contribution is -2.50. The normalized spacial score (nSPS) is 32.4. The predicted molar refractivity (Wildman–Crippen MR) is 168 cm³/mol. The standard InChI is InChI=1S/C33H53N3O6/c1-9-23(5)35-33(34-8)21(3)12-15-31(39)36-28-16-22(4)29(41-25(28)7)13-10-20(2)11-14-30-32(40)26(19-37)18-27(42-30)17-24(6)38/h10-12,14-15,21-22,25-30,32,37,40H,9,13,16-19H2,1-8H3,(H,36,39)/b14-11+,15-12-,20-10+,34-33?,35-23?/t21?,22?,25?,26?,27-,28?,29?,30?,32+/m1/s1. The van der Waals surface area contributed by atoms with E-state index in [0.29, 0.717) is 12.3 Å². The molecule has 1 amide bonds. The minimum Gasteiger partial charge on any atom is -0.396 e. The molecule has 7 unspecified atom stereocenters. The zero-order chi connectivity index (χ0) is 31.4. The van der Waals surface area contributed by atoms with E-state index in [4.69, 9.17) is 9.47 Å². The van der Waals surface area contributed by atoms with E-state index in [1.54, 1.807) is 13.1 Å².